The Kier molecular flexibility index (Phi) is 7.41. The second-order valence-corrected chi connectivity index (χ2v) is 7.49. The molecule has 154 valence electrons. The highest BCUT2D eigenvalue weighted by Gasteiger charge is 2.30. The minimum atomic E-state index is -4.64. The molecule has 1 aliphatic heterocycles. The maximum atomic E-state index is 11.9. The lowest BCUT2D eigenvalue weighted by atomic mass is 10.2. The predicted molar refractivity (Wildman–Crippen MR) is 95.6 cm³/mol. The van der Waals surface area contributed by atoms with E-state index in [1.165, 1.54) is 24.3 Å². The summed E-state index contributed by atoms with van der Waals surface area (Å²) in [5, 5.41) is 3.06. The van der Waals surface area contributed by atoms with Crippen LogP contribution in [0.25, 0.3) is 0 Å². The van der Waals surface area contributed by atoms with Gasteiger partial charge in [0.25, 0.3) is 10.1 Å². The van der Waals surface area contributed by atoms with Crippen molar-refractivity contribution in [3.05, 3.63) is 59.7 Å². The summed E-state index contributed by atoms with van der Waals surface area (Å²) in [5.41, 5.74) is 1.78. The molecule has 2 aromatic carbocycles. The Bertz CT molecular complexity index is 848. The summed E-state index contributed by atoms with van der Waals surface area (Å²) in [6, 6.07) is 11.7. The first-order valence-corrected chi connectivity index (χ1v) is 9.68. The summed E-state index contributed by atoms with van der Waals surface area (Å²) >= 11 is 0. The Morgan fingerprint density at radius 1 is 1.07 bits per heavy atom. The van der Waals surface area contributed by atoms with Crippen LogP contribution in [0.2, 0.25) is 0 Å². The number of alkyl halides is 3. The molecule has 0 aliphatic carbocycles. The van der Waals surface area contributed by atoms with Crippen molar-refractivity contribution in [1.29, 1.82) is 0 Å². The van der Waals surface area contributed by atoms with Gasteiger partial charge in [-0.3, -0.25) is 4.55 Å². The van der Waals surface area contributed by atoms with Crippen molar-refractivity contribution in [3.8, 4) is 5.75 Å². The first kappa shape index (κ1) is 22.2. The summed E-state index contributed by atoms with van der Waals surface area (Å²) in [7, 11) is -4.02. The molecule has 2 N–H and O–H groups in total. The third kappa shape index (κ3) is 7.85. The van der Waals surface area contributed by atoms with Crippen molar-refractivity contribution in [2.24, 2.45) is 0 Å². The van der Waals surface area contributed by atoms with Gasteiger partial charge in [0.05, 0.1) is 17.6 Å². The fourth-order valence-electron chi connectivity index (χ4n) is 2.09. The van der Waals surface area contributed by atoms with Crippen molar-refractivity contribution >= 4 is 10.1 Å². The molecule has 6 nitrogen and oxygen atoms in total. The zero-order chi connectivity index (χ0) is 20.8. The minimum absolute atomic E-state index is 0.0666. The molecule has 10 heteroatoms. The second kappa shape index (κ2) is 9.37. The quantitative estimate of drug-likeness (QED) is 0.724. The zero-order valence-corrected chi connectivity index (χ0v) is 15.8. The normalized spacial score (nSPS) is 14.6. The van der Waals surface area contributed by atoms with Crippen LogP contribution in [0, 0.1) is 6.92 Å². The first-order valence-electron chi connectivity index (χ1n) is 8.24. The van der Waals surface area contributed by atoms with Crippen molar-refractivity contribution in [3.63, 3.8) is 0 Å². The van der Waals surface area contributed by atoms with Crippen LogP contribution in [0.1, 0.15) is 11.1 Å². The third-order valence-electron chi connectivity index (χ3n) is 3.71. The maximum absolute atomic E-state index is 11.9. The summed E-state index contributed by atoms with van der Waals surface area (Å²) in [6.45, 7) is 3.90. The van der Waals surface area contributed by atoms with Gasteiger partial charge in [-0.25, -0.2) is 0 Å². The van der Waals surface area contributed by atoms with Crippen LogP contribution in [0.5, 0.6) is 5.75 Å². The highest BCUT2D eigenvalue weighted by Crippen LogP contribution is 2.23. The summed E-state index contributed by atoms with van der Waals surface area (Å²) in [4.78, 5) is -0.0666. The van der Waals surface area contributed by atoms with Gasteiger partial charge in [0.1, 0.15) is 5.75 Å². The minimum Gasteiger partial charge on any atom is -0.406 e. The first-order chi connectivity index (χ1) is 13.0. The van der Waals surface area contributed by atoms with Gasteiger partial charge in [0.15, 0.2) is 0 Å². The fourth-order valence-corrected chi connectivity index (χ4v) is 2.57. The molecule has 0 unspecified atom stereocenters. The van der Waals surface area contributed by atoms with Crippen LogP contribution < -0.4 is 10.1 Å². The smallest absolute Gasteiger partial charge is 0.406 e. The number of nitrogens with one attached hydrogen (secondary N) is 1. The van der Waals surface area contributed by atoms with E-state index in [9.17, 15) is 21.6 Å². The van der Waals surface area contributed by atoms with Gasteiger partial charge in [-0.1, -0.05) is 29.8 Å². The van der Waals surface area contributed by atoms with E-state index in [2.05, 4.69) is 10.1 Å². The predicted octanol–water partition coefficient (Wildman–Crippen LogP) is 3.32. The summed E-state index contributed by atoms with van der Waals surface area (Å²) < 4.78 is 74.5. The molecule has 0 saturated carbocycles. The molecule has 1 saturated heterocycles. The average molecular weight is 419 g/mol. The number of ether oxygens (including phenoxy) is 2. The van der Waals surface area contributed by atoms with Crippen LogP contribution in [0.15, 0.2) is 53.4 Å². The zero-order valence-electron chi connectivity index (χ0n) is 14.9. The van der Waals surface area contributed by atoms with E-state index in [0.717, 1.165) is 24.2 Å². The van der Waals surface area contributed by atoms with E-state index in [-0.39, 0.29) is 16.7 Å². The van der Waals surface area contributed by atoms with E-state index >= 15 is 0 Å². The van der Waals surface area contributed by atoms with E-state index in [4.69, 9.17) is 9.29 Å². The van der Waals surface area contributed by atoms with Gasteiger partial charge < -0.3 is 14.8 Å². The van der Waals surface area contributed by atoms with E-state index in [0.29, 0.717) is 6.61 Å². The molecule has 3 rings (SSSR count). The van der Waals surface area contributed by atoms with E-state index in [1.54, 1.807) is 24.3 Å². The van der Waals surface area contributed by atoms with Crippen LogP contribution in [-0.2, 0) is 21.5 Å². The molecular weight excluding hydrogens is 399 g/mol. The Hall–Kier alpha value is -2.14. The number of hydrogen-bond acceptors (Lipinski definition) is 5. The number of hydrogen-bond donors (Lipinski definition) is 2. The summed E-state index contributed by atoms with van der Waals surface area (Å²) in [6.07, 6.45) is -4.43. The topological polar surface area (TPSA) is 84.9 Å². The molecule has 0 spiro atoms. The SMILES string of the molecule is Cc1ccc(S(=O)(=O)O)cc1.FC(F)(F)Oc1ccc(COC2CNC2)cc1. The lowest BCUT2D eigenvalue weighted by Gasteiger charge is -2.27. The second-order valence-electron chi connectivity index (χ2n) is 6.07. The molecule has 1 heterocycles. The van der Waals surface area contributed by atoms with Gasteiger partial charge in [0, 0.05) is 13.1 Å². The van der Waals surface area contributed by atoms with Gasteiger partial charge in [-0.05, 0) is 36.8 Å². The lowest BCUT2D eigenvalue weighted by molar-refractivity contribution is -0.274. The van der Waals surface area contributed by atoms with Gasteiger partial charge in [-0.2, -0.15) is 8.42 Å². The van der Waals surface area contributed by atoms with Gasteiger partial charge in [0.2, 0.25) is 0 Å². The van der Waals surface area contributed by atoms with Crippen LogP contribution in [0.3, 0.4) is 0 Å². The fraction of sp³-hybridized carbons (Fsp3) is 0.333. The van der Waals surface area contributed by atoms with E-state index < -0.39 is 16.5 Å². The molecule has 0 amide bonds. The van der Waals surface area contributed by atoms with Gasteiger partial charge >= 0.3 is 6.36 Å². The Morgan fingerprint density at radius 3 is 2.07 bits per heavy atom. The maximum Gasteiger partial charge on any atom is 0.573 e. The lowest BCUT2D eigenvalue weighted by Crippen LogP contribution is -2.48. The molecule has 0 bridgehead atoms. The summed E-state index contributed by atoms with van der Waals surface area (Å²) in [5.74, 6) is -0.216. The molecule has 0 radical (unpaired) electrons. The largest absolute Gasteiger partial charge is 0.573 e. The number of rotatable bonds is 5. The standard InChI is InChI=1S/C11H12F3NO2.C7H8O3S/c12-11(13,14)17-9-3-1-8(2-4-9)7-16-10-5-15-6-10;1-6-2-4-7(5-3-6)11(8,9)10/h1-4,10,15H,5-7H2;2-5H,1H3,(H,8,9,10). The molecule has 0 atom stereocenters. The monoisotopic (exact) mass is 419 g/mol. The van der Waals surface area contributed by atoms with Crippen molar-refractivity contribution < 1.29 is 35.6 Å². The molecular formula is C18H20F3NO5S. The molecule has 28 heavy (non-hydrogen) atoms. The van der Waals surface area contributed by atoms with Crippen molar-refractivity contribution in [2.75, 3.05) is 13.1 Å². The highest BCUT2D eigenvalue weighted by atomic mass is 32.2. The third-order valence-corrected chi connectivity index (χ3v) is 4.57. The average Bonchev–Trinajstić information content (AvgIpc) is 2.54. The van der Waals surface area contributed by atoms with Crippen molar-refractivity contribution in [2.45, 2.75) is 30.9 Å². The molecule has 0 aromatic heterocycles. The van der Waals surface area contributed by atoms with E-state index in [1.807, 2.05) is 6.92 Å². The Labute approximate surface area is 161 Å². The molecule has 1 fully saturated rings. The van der Waals surface area contributed by atoms with Crippen LogP contribution >= 0.6 is 0 Å². The molecule has 1 aliphatic rings. The van der Waals surface area contributed by atoms with Crippen LogP contribution in [0.4, 0.5) is 13.2 Å². The Morgan fingerprint density at radius 2 is 1.64 bits per heavy atom. The number of halogens is 3. The highest BCUT2D eigenvalue weighted by molar-refractivity contribution is 7.85. The van der Waals surface area contributed by atoms with Crippen molar-refractivity contribution in [1.82, 2.24) is 5.32 Å². The number of aryl methyl sites for hydroxylation is 1. The number of benzene rings is 2. The van der Waals surface area contributed by atoms with Gasteiger partial charge in [-0.15, -0.1) is 13.2 Å². The molecule has 2 aromatic rings. The van der Waals surface area contributed by atoms with Crippen LogP contribution in [-0.4, -0.2) is 38.5 Å². The Balaban J connectivity index is 0.000000221.